The Morgan fingerprint density at radius 3 is 2.24 bits per heavy atom. The van der Waals surface area contributed by atoms with E-state index in [4.69, 9.17) is 5.73 Å². The Balaban J connectivity index is 2.04. The highest BCUT2D eigenvalue weighted by Gasteiger charge is 2.26. The lowest BCUT2D eigenvalue weighted by molar-refractivity contribution is -0.135. The standard InChI is InChI=1S/C13H14N4O4/c14-13(21)15-5-8-1-3-9(4-2-8)12(20)17-6-10(18)16-11(19)7-17/h1-4H,5-7H2,(H3,14,15,21)(H,16,18,19). The Kier molecular flexibility index (Phi) is 4.17. The summed E-state index contributed by atoms with van der Waals surface area (Å²) in [5.41, 5.74) is 6.10. The summed E-state index contributed by atoms with van der Waals surface area (Å²) in [6.07, 6.45) is 0. The van der Waals surface area contributed by atoms with E-state index in [1.54, 1.807) is 24.3 Å². The molecule has 21 heavy (non-hydrogen) atoms. The van der Waals surface area contributed by atoms with Crippen molar-refractivity contribution < 1.29 is 19.2 Å². The zero-order valence-corrected chi connectivity index (χ0v) is 11.1. The smallest absolute Gasteiger partial charge is 0.312 e. The molecule has 1 aromatic carbocycles. The summed E-state index contributed by atoms with van der Waals surface area (Å²) in [7, 11) is 0. The third-order valence-electron chi connectivity index (χ3n) is 2.90. The van der Waals surface area contributed by atoms with E-state index in [1.165, 1.54) is 4.90 Å². The molecule has 5 amide bonds. The Morgan fingerprint density at radius 2 is 1.71 bits per heavy atom. The van der Waals surface area contributed by atoms with E-state index in [9.17, 15) is 19.2 Å². The van der Waals surface area contributed by atoms with Crippen molar-refractivity contribution in [3.63, 3.8) is 0 Å². The SMILES string of the molecule is NC(=O)NCc1ccc(C(=O)N2CC(=O)NC(=O)C2)cc1. The number of urea groups is 1. The number of nitrogens with one attached hydrogen (secondary N) is 2. The fourth-order valence-electron chi connectivity index (χ4n) is 1.92. The molecule has 0 aromatic heterocycles. The minimum Gasteiger partial charge on any atom is -0.352 e. The topological polar surface area (TPSA) is 122 Å². The van der Waals surface area contributed by atoms with Crippen molar-refractivity contribution in [1.29, 1.82) is 0 Å². The van der Waals surface area contributed by atoms with E-state index >= 15 is 0 Å². The van der Waals surface area contributed by atoms with Crippen molar-refractivity contribution >= 4 is 23.8 Å². The summed E-state index contributed by atoms with van der Waals surface area (Å²) in [5.74, 6) is -1.39. The molecule has 8 nitrogen and oxygen atoms in total. The van der Waals surface area contributed by atoms with Crippen LogP contribution in [0.15, 0.2) is 24.3 Å². The van der Waals surface area contributed by atoms with Crippen molar-refractivity contribution in [1.82, 2.24) is 15.5 Å². The molecule has 0 aliphatic carbocycles. The number of amides is 5. The summed E-state index contributed by atoms with van der Waals surface area (Å²) in [6.45, 7) is -0.0283. The molecular weight excluding hydrogens is 276 g/mol. The van der Waals surface area contributed by atoms with Gasteiger partial charge in [-0.15, -0.1) is 0 Å². The van der Waals surface area contributed by atoms with Gasteiger partial charge in [-0.2, -0.15) is 0 Å². The summed E-state index contributed by atoms with van der Waals surface area (Å²) in [5, 5.41) is 4.56. The lowest BCUT2D eigenvalue weighted by Crippen LogP contribution is -2.53. The Labute approximate surface area is 120 Å². The van der Waals surface area contributed by atoms with Crippen LogP contribution >= 0.6 is 0 Å². The summed E-state index contributed by atoms with van der Waals surface area (Å²) in [6, 6.07) is 5.83. The summed E-state index contributed by atoms with van der Waals surface area (Å²) >= 11 is 0. The number of piperazine rings is 1. The van der Waals surface area contributed by atoms with Gasteiger partial charge in [-0.25, -0.2) is 4.79 Å². The van der Waals surface area contributed by atoms with Crippen LogP contribution in [-0.2, 0) is 16.1 Å². The third kappa shape index (κ3) is 3.78. The van der Waals surface area contributed by atoms with Crippen LogP contribution in [0.2, 0.25) is 0 Å². The predicted octanol–water partition coefficient (Wildman–Crippen LogP) is -1.05. The number of carbonyl (C=O) groups excluding carboxylic acids is 4. The molecule has 1 aromatic rings. The lowest BCUT2D eigenvalue weighted by atomic mass is 10.1. The third-order valence-corrected chi connectivity index (χ3v) is 2.90. The summed E-state index contributed by atoms with van der Waals surface area (Å²) in [4.78, 5) is 46.4. The van der Waals surface area contributed by atoms with Crippen LogP contribution in [0, 0.1) is 0 Å². The Morgan fingerprint density at radius 1 is 1.14 bits per heavy atom. The fourth-order valence-corrected chi connectivity index (χ4v) is 1.92. The fraction of sp³-hybridized carbons (Fsp3) is 0.231. The molecule has 4 N–H and O–H groups in total. The van der Waals surface area contributed by atoms with Crippen molar-refractivity contribution in [2.75, 3.05) is 13.1 Å². The maximum Gasteiger partial charge on any atom is 0.312 e. The second-order valence-electron chi connectivity index (χ2n) is 4.55. The maximum absolute atomic E-state index is 12.2. The number of nitrogens with two attached hydrogens (primary N) is 1. The Hall–Kier alpha value is -2.90. The van der Waals surface area contributed by atoms with E-state index in [0.29, 0.717) is 5.56 Å². The van der Waals surface area contributed by atoms with Crippen molar-refractivity contribution in [2.45, 2.75) is 6.54 Å². The van der Waals surface area contributed by atoms with Gasteiger partial charge in [-0.3, -0.25) is 19.7 Å². The molecule has 0 atom stereocenters. The van der Waals surface area contributed by atoms with E-state index in [-0.39, 0.29) is 19.6 Å². The quantitative estimate of drug-likeness (QED) is 0.615. The highest BCUT2D eigenvalue weighted by Crippen LogP contribution is 2.09. The van der Waals surface area contributed by atoms with Crippen LogP contribution in [0.1, 0.15) is 15.9 Å². The number of benzene rings is 1. The average molecular weight is 290 g/mol. The van der Waals surface area contributed by atoms with Crippen LogP contribution in [0.25, 0.3) is 0 Å². The van der Waals surface area contributed by atoms with Gasteiger partial charge in [0, 0.05) is 12.1 Å². The molecule has 0 spiro atoms. The predicted molar refractivity (Wildman–Crippen MR) is 71.9 cm³/mol. The van der Waals surface area contributed by atoms with Gasteiger partial charge in [0.15, 0.2) is 0 Å². The van der Waals surface area contributed by atoms with Gasteiger partial charge in [0.2, 0.25) is 11.8 Å². The van der Waals surface area contributed by atoms with Gasteiger partial charge in [-0.05, 0) is 17.7 Å². The molecule has 0 radical (unpaired) electrons. The van der Waals surface area contributed by atoms with E-state index in [2.05, 4.69) is 10.6 Å². The second kappa shape index (κ2) is 6.04. The van der Waals surface area contributed by atoms with E-state index < -0.39 is 23.8 Å². The Bertz CT molecular complexity index is 581. The molecule has 1 aliphatic heterocycles. The van der Waals surface area contributed by atoms with Gasteiger partial charge in [0.1, 0.15) is 13.1 Å². The van der Waals surface area contributed by atoms with E-state index in [0.717, 1.165) is 5.56 Å². The molecule has 1 aliphatic rings. The van der Waals surface area contributed by atoms with Crippen LogP contribution < -0.4 is 16.4 Å². The first-order valence-corrected chi connectivity index (χ1v) is 6.20. The number of primary amides is 1. The molecule has 0 saturated carbocycles. The zero-order chi connectivity index (χ0) is 15.4. The molecule has 2 rings (SSSR count). The molecule has 1 heterocycles. The van der Waals surface area contributed by atoms with Gasteiger partial charge >= 0.3 is 6.03 Å². The van der Waals surface area contributed by atoms with Crippen LogP contribution in [0.3, 0.4) is 0 Å². The van der Waals surface area contributed by atoms with Gasteiger partial charge in [-0.1, -0.05) is 12.1 Å². The highest BCUT2D eigenvalue weighted by atomic mass is 16.2. The number of hydrogen-bond donors (Lipinski definition) is 3. The van der Waals surface area contributed by atoms with Crippen molar-refractivity contribution in [3.8, 4) is 0 Å². The molecule has 0 unspecified atom stereocenters. The second-order valence-corrected chi connectivity index (χ2v) is 4.55. The number of carbonyl (C=O) groups is 4. The van der Waals surface area contributed by atoms with Gasteiger partial charge in [0.25, 0.3) is 5.91 Å². The monoisotopic (exact) mass is 290 g/mol. The molecular formula is C13H14N4O4. The van der Waals surface area contributed by atoms with E-state index in [1.807, 2.05) is 0 Å². The molecule has 110 valence electrons. The zero-order valence-electron chi connectivity index (χ0n) is 11.1. The van der Waals surface area contributed by atoms with Crippen LogP contribution in [-0.4, -0.2) is 41.7 Å². The van der Waals surface area contributed by atoms with Crippen molar-refractivity contribution in [2.24, 2.45) is 5.73 Å². The van der Waals surface area contributed by atoms with Crippen LogP contribution in [0.4, 0.5) is 4.79 Å². The normalized spacial score (nSPS) is 14.6. The molecule has 1 fully saturated rings. The first-order chi connectivity index (χ1) is 9.95. The van der Waals surface area contributed by atoms with Crippen LogP contribution in [0.5, 0.6) is 0 Å². The first-order valence-electron chi connectivity index (χ1n) is 6.20. The minimum atomic E-state index is -0.631. The molecule has 8 heteroatoms. The lowest BCUT2D eigenvalue weighted by Gasteiger charge is -2.25. The highest BCUT2D eigenvalue weighted by molar-refractivity contribution is 6.05. The minimum absolute atomic E-state index is 0.143. The number of rotatable bonds is 3. The average Bonchev–Trinajstić information content (AvgIpc) is 2.44. The number of imide groups is 1. The van der Waals surface area contributed by atoms with Gasteiger partial charge < -0.3 is 16.0 Å². The largest absolute Gasteiger partial charge is 0.352 e. The summed E-state index contributed by atoms with van der Waals surface area (Å²) < 4.78 is 0. The molecule has 1 saturated heterocycles. The number of nitrogens with zero attached hydrogens (tertiary/aromatic N) is 1. The van der Waals surface area contributed by atoms with Gasteiger partial charge in [0.05, 0.1) is 0 Å². The molecule has 0 bridgehead atoms. The first kappa shape index (κ1) is 14.5. The maximum atomic E-state index is 12.2. The number of hydrogen-bond acceptors (Lipinski definition) is 4. The van der Waals surface area contributed by atoms with Crippen molar-refractivity contribution in [3.05, 3.63) is 35.4 Å².